The molecule has 0 rings (SSSR count). The Morgan fingerprint density at radius 1 is 0.310 bits per heavy atom. The number of carbonyl (C=O) groups is 8. The summed E-state index contributed by atoms with van der Waals surface area (Å²) in [6.07, 6.45) is -34.8. The average molecular weight is 1530 g/mol. The molecule has 5 amide bonds. The first-order valence-electron chi connectivity index (χ1n) is 28.5. The highest BCUT2D eigenvalue weighted by atomic mass is 19.4. The fraction of sp³-hybridized carbons (Fsp3) is 0.852. The lowest BCUT2D eigenvalue weighted by Gasteiger charge is -2.27. The van der Waals surface area contributed by atoms with Crippen LogP contribution in [0.25, 0.3) is 0 Å². The molecule has 0 aliphatic heterocycles. The third-order valence-corrected chi connectivity index (χ3v) is 12.1. The standard InChI is InChI=1S/C10H16F3NO4.2C10H18F3NO3.2C7H12F3NO2.2C5H8F3NO2/c1-5(10(11,12)13)6(7(15)16)14-8(17)18-9(2,3)4;2*1-6(10(11,12)13)7(5-15)14-8(16)17-9(2,3)4;2*1-4(7(8,9)10)6(3-12)11-5(2)13;2*1-2(5(6,7)8)3(9)4(10)11/h5-6H,1-4H3,(H,14,17)(H,15,16);2*6-7,15H,5H2,1-4H3,(H,14,16);2*4,6,12H,3H2,1-2H3,(H,11,13);2*2-3H,9H2,1H3,(H,10,11)/t;6-,7+;6-,7-;4-,6+;4-,6-;2-,3+;2-,3-/m.010110/s1. The molecule has 0 aromatic rings. The number of carbonyl (C=O) groups excluding carboxylic acids is 5. The van der Waals surface area contributed by atoms with E-state index >= 15 is 0 Å². The van der Waals surface area contributed by atoms with Crippen LogP contribution in [0.1, 0.15) is 125 Å². The number of halogens is 21. The van der Waals surface area contributed by atoms with E-state index in [1.807, 2.05) is 21.3 Å². The zero-order chi connectivity index (χ0) is 82.2. The van der Waals surface area contributed by atoms with E-state index in [4.69, 9.17) is 61.4 Å². The Morgan fingerprint density at radius 3 is 0.600 bits per heavy atom. The molecule has 0 aliphatic carbocycles. The topological polar surface area (TPSA) is 418 Å². The van der Waals surface area contributed by atoms with Crippen molar-refractivity contribution in [1.82, 2.24) is 26.6 Å². The van der Waals surface area contributed by atoms with Crippen molar-refractivity contribution in [2.45, 2.75) is 227 Å². The summed E-state index contributed by atoms with van der Waals surface area (Å²) in [6.45, 7) is 19.0. The number of aliphatic hydroxyl groups excluding tert-OH is 4. The van der Waals surface area contributed by atoms with E-state index in [0.717, 1.165) is 55.4 Å². The van der Waals surface area contributed by atoms with Crippen LogP contribution in [0.3, 0.4) is 0 Å². The van der Waals surface area contributed by atoms with Gasteiger partial charge < -0.3 is 88.0 Å². The molecule has 25 nitrogen and oxygen atoms in total. The van der Waals surface area contributed by atoms with Gasteiger partial charge in [-0.2, -0.15) is 92.2 Å². The number of nitrogens with one attached hydrogen (secondary N) is 5. The highest BCUT2D eigenvalue weighted by Gasteiger charge is 2.48. The van der Waals surface area contributed by atoms with Gasteiger partial charge in [-0.3, -0.25) is 19.2 Å². The van der Waals surface area contributed by atoms with Crippen LogP contribution in [0.4, 0.5) is 107 Å². The summed E-state index contributed by atoms with van der Waals surface area (Å²) in [7, 11) is 0. The first kappa shape index (κ1) is 107. The van der Waals surface area contributed by atoms with E-state index in [9.17, 15) is 131 Å². The molecule has 598 valence electrons. The molecule has 0 heterocycles. The number of hydrogen-bond donors (Lipinski definition) is 14. The van der Waals surface area contributed by atoms with Crippen molar-refractivity contribution < 1.29 is 181 Å². The zero-order valence-corrected chi connectivity index (χ0v) is 57.1. The van der Waals surface area contributed by atoms with E-state index in [1.54, 1.807) is 46.9 Å². The number of nitrogens with two attached hydrogens (primary N) is 2. The van der Waals surface area contributed by atoms with Crippen LogP contribution in [-0.2, 0) is 38.2 Å². The Labute approximate surface area is 560 Å². The summed E-state index contributed by atoms with van der Waals surface area (Å²) < 4.78 is 268. The molecular weight excluding hydrogens is 1430 g/mol. The van der Waals surface area contributed by atoms with E-state index < -0.39 is 218 Å². The maximum atomic E-state index is 12.4. The molecule has 0 bridgehead atoms. The lowest BCUT2D eigenvalue weighted by Crippen LogP contribution is -2.50. The van der Waals surface area contributed by atoms with Crippen LogP contribution >= 0.6 is 0 Å². The number of rotatable bonds is 19. The lowest BCUT2D eigenvalue weighted by molar-refractivity contribution is -0.184. The second kappa shape index (κ2) is 44.7. The van der Waals surface area contributed by atoms with Crippen LogP contribution in [-0.4, -0.2) is 213 Å². The predicted molar refractivity (Wildman–Crippen MR) is 308 cm³/mol. The Bertz CT molecular complexity index is 2290. The van der Waals surface area contributed by atoms with E-state index in [0.29, 0.717) is 6.92 Å². The second-order valence-electron chi connectivity index (χ2n) is 24.4. The Balaban J connectivity index is -0.000000203. The normalized spacial score (nSPS) is 16.5. The van der Waals surface area contributed by atoms with Crippen molar-refractivity contribution >= 4 is 48.0 Å². The summed E-state index contributed by atoms with van der Waals surface area (Å²) in [4.78, 5) is 85.3. The molecule has 0 fully saturated rings. The van der Waals surface area contributed by atoms with Gasteiger partial charge in [-0.05, 0) is 62.3 Å². The van der Waals surface area contributed by atoms with Gasteiger partial charge >= 0.3 is 79.4 Å². The van der Waals surface area contributed by atoms with Gasteiger partial charge in [-0.15, -0.1) is 0 Å². The molecule has 16 N–H and O–H groups in total. The van der Waals surface area contributed by atoms with Gasteiger partial charge in [0, 0.05) is 13.8 Å². The minimum Gasteiger partial charge on any atom is -0.480 e. The van der Waals surface area contributed by atoms with Crippen LogP contribution < -0.4 is 38.1 Å². The lowest BCUT2D eigenvalue weighted by atomic mass is 10.0. The van der Waals surface area contributed by atoms with Gasteiger partial charge in [0.2, 0.25) is 11.8 Å². The van der Waals surface area contributed by atoms with Crippen molar-refractivity contribution in [2.24, 2.45) is 52.9 Å². The number of carboxylic acids is 3. The Kier molecular flexibility index (Phi) is 47.8. The maximum absolute atomic E-state index is 12.4. The van der Waals surface area contributed by atoms with E-state index in [-0.39, 0.29) is 0 Å². The molecule has 46 heteroatoms. The first-order chi connectivity index (χ1) is 43.9. The number of hydrogen-bond acceptors (Lipinski definition) is 17. The van der Waals surface area contributed by atoms with Crippen molar-refractivity contribution in [3.05, 3.63) is 0 Å². The molecule has 0 aliphatic rings. The number of carboxylic acid groups (broad SMARTS) is 3. The van der Waals surface area contributed by atoms with Gasteiger partial charge in [-0.25, -0.2) is 19.2 Å². The molecule has 0 saturated carbocycles. The van der Waals surface area contributed by atoms with E-state index in [1.165, 1.54) is 20.8 Å². The maximum Gasteiger partial charge on any atom is 0.408 e. The summed E-state index contributed by atoms with van der Waals surface area (Å²) >= 11 is 0. The van der Waals surface area contributed by atoms with Gasteiger partial charge in [0.1, 0.15) is 34.9 Å². The number of aliphatic carboxylic acids is 3. The Hall–Kier alpha value is -6.55. The largest absolute Gasteiger partial charge is 0.480 e. The summed E-state index contributed by atoms with van der Waals surface area (Å²) in [5.74, 6) is -19.7. The van der Waals surface area contributed by atoms with E-state index in [2.05, 4.69) is 0 Å². The van der Waals surface area contributed by atoms with Crippen LogP contribution in [0.15, 0.2) is 0 Å². The molecule has 2 unspecified atom stereocenters. The number of alkyl carbamates (subject to hydrolysis) is 3. The van der Waals surface area contributed by atoms with Gasteiger partial charge in [0.25, 0.3) is 0 Å². The van der Waals surface area contributed by atoms with Gasteiger partial charge in [-0.1, -0.05) is 48.5 Å². The third kappa shape index (κ3) is 53.3. The number of alkyl halides is 21. The Morgan fingerprint density at radius 2 is 0.480 bits per heavy atom. The quantitative estimate of drug-likeness (QED) is 0.0424. The molecule has 0 saturated heterocycles. The van der Waals surface area contributed by atoms with Crippen LogP contribution in [0.5, 0.6) is 0 Å². The summed E-state index contributed by atoms with van der Waals surface area (Å²) in [5, 5.41) is 69.5. The minimum atomic E-state index is -4.72. The number of aliphatic hydroxyl groups is 4. The second-order valence-corrected chi connectivity index (χ2v) is 24.4. The predicted octanol–water partition coefficient (Wildman–Crippen LogP) is 8.86. The first-order valence-corrected chi connectivity index (χ1v) is 28.5. The SMILES string of the molecule is CC(=O)N[C@H](CO)[C@@H](C)C(F)(F)F.CC(=O)N[C@H](CO)[C@H](C)C(F)(F)F.CC(C(NC(=O)OC(C)(C)C)C(=O)O)C(F)(F)F.C[C@@H]([C@@H](CO)NC(=O)OC(C)(C)C)C(F)(F)F.C[C@@H]([C@H](N)C(=O)O)C(F)(F)F.C[C@H]([C@@H](CO)NC(=O)OC(C)(C)C)C(F)(F)F.C[C@H]([C@H](N)C(=O)O)C(F)(F)F. The van der Waals surface area contributed by atoms with Crippen molar-refractivity contribution in [3.63, 3.8) is 0 Å². The fourth-order valence-corrected chi connectivity index (χ4v) is 5.53. The van der Waals surface area contributed by atoms with Crippen LogP contribution in [0, 0.1) is 41.4 Å². The highest BCUT2D eigenvalue weighted by molar-refractivity contribution is 5.80. The third-order valence-electron chi connectivity index (χ3n) is 12.1. The van der Waals surface area contributed by atoms with Crippen molar-refractivity contribution in [2.75, 3.05) is 26.4 Å². The highest BCUT2D eigenvalue weighted by Crippen LogP contribution is 2.33. The molecule has 0 aromatic carbocycles. The zero-order valence-electron chi connectivity index (χ0n) is 57.1. The molecule has 14 atom stereocenters. The smallest absolute Gasteiger partial charge is 0.408 e. The number of amides is 5. The summed E-state index contributed by atoms with van der Waals surface area (Å²) in [5.41, 5.74) is 6.93. The van der Waals surface area contributed by atoms with Crippen LogP contribution in [0.2, 0.25) is 0 Å². The summed E-state index contributed by atoms with van der Waals surface area (Å²) in [6, 6.07) is -11.2. The monoisotopic (exact) mass is 1530 g/mol. The molecule has 0 radical (unpaired) electrons. The van der Waals surface area contributed by atoms with Gasteiger partial charge in [0.15, 0.2) is 0 Å². The van der Waals surface area contributed by atoms with Crippen molar-refractivity contribution in [3.8, 4) is 0 Å². The molecule has 0 spiro atoms. The average Bonchev–Trinajstić information content (AvgIpc) is 0.876. The van der Waals surface area contributed by atoms with Crippen molar-refractivity contribution in [1.29, 1.82) is 0 Å². The number of ether oxygens (including phenoxy) is 3. The van der Waals surface area contributed by atoms with Gasteiger partial charge in [0.05, 0.1) is 92.0 Å². The molecule has 0 aromatic heterocycles. The molecular formula is C54H92F21N7O18. The molecule has 100 heavy (non-hydrogen) atoms. The minimum absolute atomic E-state index is 0.588. The fourth-order valence-electron chi connectivity index (χ4n) is 5.53.